The fourth-order valence-corrected chi connectivity index (χ4v) is 4.95. The van der Waals surface area contributed by atoms with Crippen molar-refractivity contribution >= 4 is 39.9 Å². The summed E-state index contributed by atoms with van der Waals surface area (Å²) >= 11 is 0. The molecule has 0 bridgehead atoms. The summed E-state index contributed by atoms with van der Waals surface area (Å²) in [5.74, 6) is 2.53. The first-order chi connectivity index (χ1) is 20.4. The number of ether oxygens (including phenoxy) is 3. The lowest BCUT2D eigenvalue weighted by Crippen LogP contribution is -2.30. The minimum atomic E-state index is -0.374. The van der Waals surface area contributed by atoms with Gasteiger partial charge in [0.25, 0.3) is 0 Å². The van der Waals surface area contributed by atoms with E-state index in [4.69, 9.17) is 14.2 Å². The highest BCUT2D eigenvalue weighted by atomic mass is 16.5. The number of fused-ring (bicyclic) bond motifs is 1. The molecule has 4 aromatic rings. The first kappa shape index (κ1) is 28.5. The summed E-state index contributed by atoms with van der Waals surface area (Å²) in [7, 11) is 3.16. The molecule has 1 aliphatic heterocycles. The molecule has 10 heteroatoms. The van der Waals surface area contributed by atoms with Gasteiger partial charge in [0, 0.05) is 66.3 Å². The van der Waals surface area contributed by atoms with Crippen molar-refractivity contribution in [3.05, 3.63) is 72.4 Å². The summed E-state index contributed by atoms with van der Waals surface area (Å²) in [6.45, 7) is 5.31. The monoisotopic (exact) mass is 569 g/mol. The van der Waals surface area contributed by atoms with E-state index in [1.54, 1.807) is 38.6 Å². The lowest BCUT2D eigenvalue weighted by molar-refractivity contribution is -0.129. The van der Waals surface area contributed by atoms with Crippen molar-refractivity contribution < 1.29 is 23.8 Å². The largest absolute Gasteiger partial charge is 0.493 e. The lowest BCUT2D eigenvalue weighted by atomic mass is 10.1. The van der Waals surface area contributed by atoms with Crippen molar-refractivity contribution in [2.45, 2.75) is 32.7 Å². The molecule has 0 spiro atoms. The molecule has 3 N–H and O–H groups in total. The van der Waals surface area contributed by atoms with Crippen LogP contribution in [-0.2, 0) is 4.79 Å². The Bertz CT molecular complexity index is 1590. The van der Waals surface area contributed by atoms with Crippen molar-refractivity contribution in [2.24, 2.45) is 0 Å². The van der Waals surface area contributed by atoms with E-state index in [1.165, 1.54) is 0 Å². The number of benzene rings is 3. The topological polar surface area (TPSA) is 114 Å². The molecule has 1 fully saturated rings. The third-order valence-corrected chi connectivity index (χ3v) is 7.23. The van der Waals surface area contributed by atoms with Crippen LogP contribution >= 0.6 is 0 Å². The number of carbonyl (C=O) groups excluding carboxylic acids is 2. The van der Waals surface area contributed by atoms with Gasteiger partial charge in [0.15, 0.2) is 11.5 Å². The number of rotatable bonds is 9. The second kappa shape index (κ2) is 12.7. The maximum atomic E-state index is 12.8. The Balaban J connectivity index is 1.22. The lowest BCUT2D eigenvalue weighted by Gasteiger charge is -2.17. The summed E-state index contributed by atoms with van der Waals surface area (Å²) in [6.07, 6.45) is 3.11. The van der Waals surface area contributed by atoms with Crippen molar-refractivity contribution in [2.75, 3.05) is 43.3 Å². The van der Waals surface area contributed by atoms with Crippen molar-refractivity contribution in [1.82, 2.24) is 9.88 Å². The van der Waals surface area contributed by atoms with Gasteiger partial charge < -0.3 is 35.1 Å². The molecule has 0 aliphatic carbocycles. The van der Waals surface area contributed by atoms with E-state index in [-0.39, 0.29) is 18.0 Å². The van der Waals surface area contributed by atoms with Crippen molar-refractivity contribution in [3.63, 3.8) is 0 Å². The Morgan fingerprint density at radius 1 is 0.881 bits per heavy atom. The van der Waals surface area contributed by atoms with Gasteiger partial charge in [-0.3, -0.25) is 9.78 Å². The van der Waals surface area contributed by atoms with Gasteiger partial charge >= 0.3 is 6.03 Å². The fourth-order valence-electron chi connectivity index (χ4n) is 4.95. The average Bonchev–Trinajstić information content (AvgIpc) is 3.47. The first-order valence-electron chi connectivity index (χ1n) is 13.9. The third-order valence-electron chi connectivity index (χ3n) is 7.23. The van der Waals surface area contributed by atoms with Gasteiger partial charge in [-0.05, 0) is 61.4 Å². The molecule has 2 heterocycles. The van der Waals surface area contributed by atoms with Crippen LogP contribution in [0.25, 0.3) is 10.9 Å². The number of hydrogen-bond acceptors (Lipinski definition) is 7. The number of aryl methyl sites for hydroxylation is 1. The van der Waals surface area contributed by atoms with Crippen molar-refractivity contribution in [3.8, 4) is 23.0 Å². The zero-order valence-corrected chi connectivity index (χ0v) is 24.2. The highest BCUT2D eigenvalue weighted by molar-refractivity contribution is 6.00. The molecule has 1 aliphatic rings. The molecule has 1 atom stereocenters. The zero-order valence-electron chi connectivity index (χ0n) is 24.2. The summed E-state index contributed by atoms with van der Waals surface area (Å²) in [5.41, 5.74) is 3.78. The Morgan fingerprint density at radius 3 is 2.31 bits per heavy atom. The SMILES string of the molecule is CCC(=O)N1CCC(Nc2ccc(NC(=O)Nc3ccc(C)c(Oc4ccnc5cc(OC)c(OC)cc45)c3)cc2)C1. The van der Waals surface area contributed by atoms with E-state index >= 15 is 0 Å². The molecule has 0 saturated carbocycles. The van der Waals surface area contributed by atoms with Gasteiger partial charge in [-0.25, -0.2) is 4.79 Å². The van der Waals surface area contributed by atoms with Gasteiger partial charge in [-0.15, -0.1) is 0 Å². The number of nitrogens with one attached hydrogen (secondary N) is 3. The Hall–Kier alpha value is -4.99. The van der Waals surface area contributed by atoms with Crippen LogP contribution in [0.15, 0.2) is 66.9 Å². The van der Waals surface area contributed by atoms with Crippen LogP contribution in [0.3, 0.4) is 0 Å². The normalized spacial score (nSPS) is 14.4. The molecule has 3 aromatic carbocycles. The van der Waals surface area contributed by atoms with Crippen LogP contribution in [0, 0.1) is 6.92 Å². The zero-order chi connectivity index (χ0) is 29.6. The van der Waals surface area contributed by atoms with E-state index in [1.807, 2.05) is 61.2 Å². The highest BCUT2D eigenvalue weighted by Gasteiger charge is 2.25. The molecule has 1 saturated heterocycles. The number of nitrogens with zero attached hydrogens (tertiary/aromatic N) is 2. The van der Waals surface area contributed by atoms with Crippen LogP contribution in [0.2, 0.25) is 0 Å². The van der Waals surface area contributed by atoms with Crippen LogP contribution in [0.1, 0.15) is 25.3 Å². The van der Waals surface area contributed by atoms with E-state index in [2.05, 4.69) is 20.9 Å². The third kappa shape index (κ3) is 6.49. The van der Waals surface area contributed by atoms with Crippen LogP contribution in [-0.4, -0.2) is 55.2 Å². The fraction of sp³-hybridized carbons (Fsp3) is 0.281. The van der Waals surface area contributed by atoms with Crippen LogP contribution in [0.5, 0.6) is 23.0 Å². The van der Waals surface area contributed by atoms with E-state index < -0.39 is 0 Å². The smallest absolute Gasteiger partial charge is 0.323 e. The number of methoxy groups -OCH3 is 2. The first-order valence-corrected chi connectivity index (χ1v) is 13.9. The molecule has 1 unspecified atom stereocenters. The predicted molar refractivity (Wildman–Crippen MR) is 164 cm³/mol. The number of pyridine rings is 1. The molecule has 218 valence electrons. The molecule has 1 aromatic heterocycles. The van der Waals surface area contributed by atoms with E-state index in [0.29, 0.717) is 52.9 Å². The number of carbonyl (C=O) groups is 2. The number of likely N-dealkylation sites (tertiary alicyclic amines) is 1. The summed E-state index contributed by atoms with van der Waals surface area (Å²) in [6, 6.07) is 18.3. The molecule has 0 radical (unpaired) electrons. The minimum Gasteiger partial charge on any atom is -0.493 e. The molecular formula is C32H35N5O5. The average molecular weight is 570 g/mol. The summed E-state index contributed by atoms with van der Waals surface area (Å²) in [4.78, 5) is 31.0. The molecule has 42 heavy (non-hydrogen) atoms. The Kier molecular flexibility index (Phi) is 8.61. The quantitative estimate of drug-likeness (QED) is 0.213. The van der Waals surface area contributed by atoms with Gasteiger partial charge in [0.2, 0.25) is 5.91 Å². The maximum absolute atomic E-state index is 12.8. The van der Waals surface area contributed by atoms with E-state index in [0.717, 1.165) is 29.6 Å². The molecular weight excluding hydrogens is 534 g/mol. The second-order valence-electron chi connectivity index (χ2n) is 10.1. The second-order valence-corrected chi connectivity index (χ2v) is 10.1. The van der Waals surface area contributed by atoms with Gasteiger partial charge in [-0.1, -0.05) is 13.0 Å². The van der Waals surface area contributed by atoms with Gasteiger partial charge in [0.05, 0.1) is 19.7 Å². The van der Waals surface area contributed by atoms with Crippen LogP contribution in [0.4, 0.5) is 21.9 Å². The van der Waals surface area contributed by atoms with Crippen molar-refractivity contribution in [1.29, 1.82) is 0 Å². The number of aromatic nitrogens is 1. The number of urea groups is 1. The van der Waals surface area contributed by atoms with Crippen LogP contribution < -0.4 is 30.2 Å². The Labute approximate surface area is 245 Å². The maximum Gasteiger partial charge on any atom is 0.323 e. The standard InChI is InChI=1S/C32H35N5O5/c1-5-31(38)37-15-13-24(19-37)34-21-8-10-22(11-9-21)35-32(39)36-23-7-6-20(2)28(16-23)42-27-12-14-33-26-18-30(41-4)29(40-3)17-25(26)27/h6-12,14,16-18,24,34H,5,13,15,19H2,1-4H3,(H2,35,36,39). The summed E-state index contributed by atoms with van der Waals surface area (Å²) < 4.78 is 17.1. The minimum absolute atomic E-state index is 0.185. The molecule has 3 amide bonds. The predicted octanol–water partition coefficient (Wildman–Crippen LogP) is 6.42. The number of amides is 3. The van der Waals surface area contributed by atoms with E-state index in [9.17, 15) is 9.59 Å². The van der Waals surface area contributed by atoms with Gasteiger partial charge in [-0.2, -0.15) is 0 Å². The highest BCUT2D eigenvalue weighted by Crippen LogP contribution is 2.38. The molecule has 10 nitrogen and oxygen atoms in total. The Morgan fingerprint density at radius 2 is 1.57 bits per heavy atom. The number of anilines is 3. The summed E-state index contributed by atoms with van der Waals surface area (Å²) in [5, 5.41) is 9.98. The molecule has 5 rings (SSSR count). The van der Waals surface area contributed by atoms with Gasteiger partial charge in [0.1, 0.15) is 11.5 Å². The number of hydrogen-bond donors (Lipinski definition) is 3.